The lowest BCUT2D eigenvalue weighted by molar-refractivity contribution is -0.137. The third-order valence-corrected chi connectivity index (χ3v) is 10.0. The molecule has 0 aliphatic heterocycles. The minimum atomic E-state index is -4.63. The Bertz CT molecular complexity index is 1620. The van der Waals surface area contributed by atoms with Gasteiger partial charge in [0.15, 0.2) is 21.5 Å². The first-order chi connectivity index (χ1) is 16.4. The van der Waals surface area contributed by atoms with E-state index in [1.54, 1.807) is 0 Å². The zero-order valence-electron chi connectivity index (χ0n) is 19.4. The molecule has 0 fully saturated rings. The number of hydrogen-bond donors (Lipinski definition) is 0. The molecule has 11 nitrogen and oxygen atoms in total. The Morgan fingerprint density at radius 1 is 1.03 bits per heavy atom. The number of alkyl halides is 3. The molecule has 17 heteroatoms. The largest absolute Gasteiger partial charge is 0.416 e. The Kier molecular flexibility index (Phi) is 6.97. The van der Waals surface area contributed by atoms with Crippen molar-refractivity contribution in [1.29, 1.82) is 0 Å². The maximum atomic E-state index is 13.1. The van der Waals surface area contributed by atoms with E-state index in [0.29, 0.717) is 3.71 Å². The van der Waals surface area contributed by atoms with Gasteiger partial charge in [-0.25, -0.2) is 26.0 Å². The average Bonchev–Trinajstić information content (AvgIpc) is 3.12. The zero-order valence-corrected chi connectivity index (χ0v) is 21.8. The van der Waals surface area contributed by atoms with Crippen LogP contribution in [0.5, 0.6) is 0 Å². The van der Waals surface area contributed by atoms with Gasteiger partial charge in [-0.15, -0.1) is 10.2 Å². The molecule has 3 aromatic heterocycles. The van der Waals surface area contributed by atoms with Crippen LogP contribution in [0, 0.1) is 0 Å². The van der Waals surface area contributed by atoms with Crippen molar-refractivity contribution in [2.24, 2.45) is 7.05 Å². The molecule has 1 unspecified atom stereocenters. The molecule has 3 aromatic rings. The minimum absolute atomic E-state index is 0.103. The van der Waals surface area contributed by atoms with E-state index in [1.807, 2.05) is 0 Å². The van der Waals surface area contributed by atoms with Crippen molar-refractivity contribution in [3.8, 4) is 23.0 Å². The van der Waals surface area contributed by atoms with Gasteiger partial charge >= 0.3 is 6.18 Å². The van der Waals surface area contributed by atoms with Crippen LogP contribution in [0.4, 0.5) is 18.9 Å². The SMILES string of the molecule is C=S(C)(=O)N(c1cnc(-c2nnc(-c3cc(C(F)(F)F)ccn3)n2C)c(S(=O)(=O)CC)c1)S(C)(=O)=O. The van der Waals surface area contributed by atoms with Crippen molar-refractivity contribution in [3.63, 3.8) is 0 Å². The summed E-state index contributed by atoms with van der Waals surface area (Å²) in [5, 5.41) is 7.76. The van der Waals surface area contributed by atoms with Crippen LogP contribution < -0.4 is 3.71 Å². The summed E-state index contributed by atoms with van der Waals surface area (Å²) in [7, 11) is -10.2. The Morgan fingerprint density at radius 3 is 2.17 bits per heavy atom. The predicted octanol–water partition coefficient (Wildman–Crippen LogP) is 1.78. The quantitative estimate of drug-likeness (QED) is 0.391. The van der Waals surface area contributed by atoms with E-state index < -0.39 is 52.0 Å². The predicted molar refractivity (Wildman–Crippen MR) is 129 cm³/mol. The summed E-state index contributed by atoms with van der Waals surface area (Å²) >= 11 is 0. The lowest BCUT2D eigenvalue weighted by Crippen LogP contribution is -2.35. The number of sulfonamides is 1. The van der Waals surface area contributed by atoms with Gasteiger partial charge in [0.05, 0.1) is 44.1 Å². The molecule has 0 aliphatic carbocycles. The second-order valence-electron chi connectivity index (χ2n) is 7.73. The summed E-state index contributed by atoms with van der Waals surface area (Å²) in [6, 6.07) is 2.53. The third kappa shape index (κ3) is 5.36. The van der Waals surface area contributed by atoms with E-state index in [-0.39, 0.29) is 28.7 Å². The first kappa shape index (κ1) is 27.5. The van der Waals surface area contributed by atoms with E-state index in [9.17, 15) is 34.2 Å². The van der Waals surface area contributed by atoms with Gasteiger partial charge in [0.1, 0.15) is 11.4 Å². The summed E-state index contributed by atoms with van der Waals surface area (Å²) in [6.07, 6.45) is -0.854. The van der Waals surface area contributed by atoms with Crippen molar-refractivity contribution in [2.45, 2.75) is 18.0 Å². The van der Waals surface area contributed by atoms with Gasteiger partial charge in [-0.1, -0.05) is 6.92 Å². The van der Waals surface area contributed by atoms with Crippen LogP contribution in [-0.2, 0) is 42.8 Å². The third-order valence-electron chi connectivity index (χ3n) is 4.82. The minimum Gasteiger partial charge on any atom is -0.307 e. The van der Waals surface area contributed by atoms with E-state index >= 15 is 0 Å². The molecule has 0 radical (unpaired) electrons. The van der Waals surface area contributed by atoms with E-state index in [1.165, 1.54) is 18.5 Å². The highest BCUT2D eigenvalue weighted by Crippen LogP contribution is 2.33. The van der Waals surface area contributed by atoms with Gasteiger partial charge in [-0.3, -0.25) is 4.98 Å². The molecular weight excluding hydrogens is 545 g/mol. The van der Waals surface area contributed by atoms with E-state index in [4.69, 9.17) is 0 Å². The van der Waals surface area contributed by atoms with Crippen molar-refractivity contribution < 1.29 is 34.2 Å². The Hall–Kier alpha value is -3.05. The molecule has 0 saturated heterocycles. The Morgan fingerprint density at radius 2 is 1.64 bits per heavy atom. The van der Waals surface area contributed by atoms with Gasteiger partial charge < -0.3 is 4.57 Å². The molecule has 1 atom stereocenters. The standard InChI is InChI=1S/C19H21F3N6O5S3/c1-6-36(32,33)15-10-13(28(34(3,4)29)35(5,30)31)11-24-16(15)18-26-25-17(27(18)2)14-9-12(7-8-23-14)19(20,21)22/h7-11H,3,6H2,1-2,4-5H3. The van der Waals surface area contributed by atoms with Gasteiger partial charge in [0, 0.05) is 19.5 Å². The topological polar surface area (TPSA) is 145 Å². The molecule has 3 heterocycles. The normalized spacial score (nSPS) is 14.4. The number of nitrogens with zero attached hydrogens (tertiary/aromatic N) is 6. The van der Waals surface area contributed by atoms with Crippen molar-refractivity contribution >= 4 is 41.1 Å². The van der Waals surface area contributed by atoms with Crippen LogP contribution in [0.25, 0.3) is 23.0 Å². The highest BCUT2D eigenvalue weighted by atomic mass is 32.3. The maximum absolute atomic E-state index is 13.1. The molecular formula is C19H21F3N6O5S3. The monoisotopic (exact) mass is 566 g/mol. The Labute approximate surface area is 206 Å². The number of hydrogen-bond acceptors (Lipinski definition) is 9. The molecule has 3 rings (SSSR count). The molecule has 0 saturated carbocycles. The second kappa shape index (κ2) is 9.11. The van der Waals surface area contributed by atoms with Crippen LogP contribution >= 0.6 is 0 Å². The van der Waals surface area contributed by atoms with Crippen molar-refractivity contribution in [3.05, 3.63) is 36.2 Å². The van der Waals surface area contributed by atoms with Gasteiger partial charge in [0.25, 0.3) is 0 Å². The van der Waals surface area contributed by atoms with E-state index in [2.05, 4.69) is 26.0 Å². The molecule has 0 N–H and O–H groups in total. The molecule has 0 bridgehead atoms. The molecule has 36 heavy (non-hydrogen) atoms. The van der Waals surface area contributed by atoms with Crippen LogP contribution in [-0.4, -0.2) is 69.9 Å². The molecule has 0 amide bonds. The fourth-order valence-corrected chi connectivity index (χ4v) is 7.65. The summed E-state index contributed by atoms with van der Waals surface area (Å²) in [6.45, 7) is 1.35. The second-order valence-corrected chi connectivity index (χ2v) is 14.3. The number of pyridine rings is 2. The van der Waals surface area contributed by atoms with Gasteiger partial charge in [-0.05, 0) is 24.1 Å². The van der Waals surface area contributed by atoms with Crippen molar-refractivity contribution in [2.75, 3.05) is 22.0 Å². The van der Waals surface area contributed by atoms with Crippen LogP contribution in [0.2, 0.25) is 0 Å². The van der Waals surface area contributed by atoms with E-state index in [0.717, 1.165) is 43.1 Å². The summed E-state index contributed by atoms with van der Waals surface area (Å²) < 4.78 is 104. The van der Waals surface area contributed by atoms with Gasteiger partial charge in [0.2, 0.25) is 10.0 Å². The van der Waals surface area contributed by atoms with Crippen LogP contribution in [0.15, 0.2) is 35.5 Å². The Balaban J connectivity index is 2.26. The van der Waals surface area contributed by atoms with Crippen molar-refractivity contribution in [1.82, 2.24) is 24.7 Å². The summed E-state index contributed by atoms with van der Waals surface area (Å²) in [5.41, 5.74) is -1.69. The van der Waals surface area contributed by atoms with Crippen LogP contribution in [0.3, 0.4) is 0 Å². The lowest BCUT2D eigenvalue weighted by atomic mass is 10.2. The molecule has 0 spiro atoms. The van der Waals surface area contributed by atoms with Gasteiger partial charge in [-0.2, -0.15) is 16.9 Å². The van der Waals surface area contributed by atoms with Crippen LogP contribution in [0.1, 0.15) is 12.5 Å². The number of rotatable bonds is 7. The summed E-state index contributed by atoms with van der Waals surface area (Å²) in [4.78, 5) is 7.52. The molecule has 196 valence electrons. The fourth-order valence-electron chi connectivity index (χ4n) is 3.28. The number of halogens is 3. The molecule has 0 aliphatic rings. The zero-order chi connectivity index (χ0) is 27.3. The fraction of sp³-hybridized carbons (Fsp3) is 0.316. The summed E-state index contributed by atoms with van der Waals surface area (Å²) in [5.74, 6) is 2.72. The number of sulfone groups is 1. The first-order valence-corrected chi connectivity index (χ1v) is 15.5. The first-order valence-electron chi connectivity index (χ1n) is 9.86. The molecule has 0 aromatic carbocycles. The lowest BCUT2D eigenvalue weighted by Gasteiger charge is -2.24. The average molecular weight is 567 g/mol. The highest BCUT2D eigenvalue weighted by Gasteiger charge is 2.32. The highest BCUT2D eigenvalue weighted by molar-refractivity contribution is 8.14. The maximum Gasteiger partial charge on any atom is 0.416 e. The number of aromatic nitrogens is 5. The number of anilines is 1. The smallest absolute Gasteiger partial charge is 0.307 e.